The third kappa shape index (κ3) is 7.73. The van der Waals surface area contributed by atoms with Crippen LogP contribution in [0.3, 0.4) is 0 Å². The van der Waals surface area contributed by atoms with Crippen molar-refractivity contribution in [3.05, 3.63) is 69.8 Å². The molecule has 2 rings (SSSR count). The zero-order valence-electron chi connectivity index (χ0n) is 16.4. The molecule has 0 radical (unpaired) electrons. The van der Waals surface area contributed by atoms with Crippen molar-refractivity contribution in [3.8, 4) is 5.75 Å². The number of isocyanates is 1. The number of carbonyl (C=O) groups is 1. The lowest BCUT2D eigenvalue weighted by molar-refractivity contribution is -0.384. The van der Waals surface area contributed by atoms with Gasteiger partial charge >= 0.3 is 6.09 Å². The quantitative estimate of drug-likeness (QED) is 0.246. The standard InChI is InChI=1S/C21H23N3O6/c25-16-22-12-11-18-5-9-20(10-6-18)30-15-14-23(21(26)27)13-1-2-17-3-7-19(8-4-17)24(28)29/h3-10H,1-2,11-15H2,(H,26,27). The number of carboxylic acid groups (broad SMARTS) is 1. The summed E-state index contributed by atoms with van der Waals surface area (Å²) in [7, 11) is 0. The fourth-order valence-electron chi connectivity index (χ4n) is 2.82. The van der Waals surface area contributed by atoms with E-state index < -0.39 is 11.0 Å². The van der Waals surface area contributed by atoms with Crippen molar-refractivity contribution in [1.82, 2.24) is 4.90 Å². The molecule has 1 amide bonds. The van der Waals surface area contributed by atoms with E-state index in [0.717, 1.165) is 11.1 Å². The molecule has 2 aromatic carbocycles. The van der Waals surface area contributed by atoms with Crippen LogP contribution in [0.1, 0.15) is 17.5 Å². The number of hydrogen-bond acceptors (Lipinski definition) is 6. The number of ether oxygens (including phenoxy) is 1. The van der Waals surface area contributed by atoms with Crippen molar-refractivity contribution < 1.29 is 24.4 Å². The molecule has 0 aromatic heterocycles. The highest BCUT2D eigenvalue weighted by atomic mass is 16.6. The number of nitro benzene ring substituents is 1. The van der Waals surface area contributed by atoms with Gasteiger partial charge in [-0.05, 0) is 42.5 Å². The summed E-state index contributed by atoms with van der Waals surface area (Å²) in [4.78, 5) is 36.5. The minimum Gasteiger partial charge on any atom is -0.492 e. The SMILES string of the molecule is O=C=NCCc1ccc(OCCN(CCCc2ccc([N+](=O)[O-])cc2)C(=O)O)cc1. The van der Waals surface area contributed by atoms with E-state index in [1.165, 1.54) is 23.1 Å². The molecule has 0 saturated heterocycles. The molecule has 1 N–H and O–H groups in total. The van der Waals surface area contributed by atoms with E-state index in [2.05, 4.69) is 4.99 Å². The lowest BCUT2D eigenvalue weighted by atomic mass is 10.1. The smallest absolute Gasteiger partial charge is 0.407 e. The zero-order chi connectivity index (χ0) is 21.8. The second-order valence-corrected chi connectivity index (χ2v) is 6.51. The summed E-state index contributed by atoms with van der Waals surface area (Å²) in [6.45, 7) is 1.17. The molecule has 0 spiro atoms. The molecule has 9 heteroatoms. The van der Waals surface area contributed by atoms with Crippen LogP contribution >= 0.6 is 0 Å². The molecule has 0 aliphatic heterocycles. The number of non-ortho nitro benzene ring substituents is 1. The van der Waals surface area contributed by atoms with Crippen LogP contribution in [0.5, 0.6) is 5.75 Å². The average Bonchev–Trinajstić information content (AvgIpc) is 2.74. The van der Waals surface area contributed by atoms with Gasteiger partial charge in [0, 0.05) is 18.7 Å². The summed E-state index contributed by atoms with van der Waals surface area (Å²) in [6, 6.07) is 13.6. The molecular weight excluding hydrogens is 390 g/mol. The Labute approximate surface area is 173 Å². The van der Waals surface area contributed by atoms with Crippen molar-refractivity contribution >= 4 is 17.9 Å². The van der Waals surface area contributed by atoms with E-state index in [9.17, 15) is 24.8 Å². The Morgan fingerprint density at radius 2 is 1.70 bits per heavy atom. The van der Waals surface area contributed by atoms with E-state index >= 15 is 0 Å². The Hall–Kier alpha value is -3.71. The Bertz CT molecular complexity index is 877. The van der Waals surface area contributed by atoms with Gasteiger partial charge in [0.05, 0.1) is 18.0 Å². The Balaban J connectivity index is 1.74. The van der Waals surface area contributed by atoms with Crippen LogP contribution in [0, 0.1) is 10.1 Å². The molecule has 0 aliphatic rings. The average molecular weight is 413 g/mol. The third-order valence-corrected chi connectivity index (χ3v) is 4.44. The monoisotopic (exact) mass is 413 g/mol. The highest BCUT2D eigenvalue weighted by molar-refractivity contribution is 5.64. The van der Waals surface area contributed by atoms with E-state index in [1.54, 1.807) is 24.3 Å². The normalized spacial score (nSPS) is 10.1. The van der Waals surface area contributed by atoms with E-state index in [-0.39, 0.29) is 18.8 Å². The van der Waals surface area contributed by atoms with Crippen LogP contribution in [0.2, 0.25) is 0 Å². The van der Waals surface area contributed by atoms with Crippen molar-refractivity contribution in [1.29, 1.82) is 0 Å². The topological polar surface area (TPSA) is 122 Å². The molecule has 0 unspecified atom stereocenters. The number of hydrogen-bond donors (Lipinski definition) is 1. The molecular formula is C21H23N3O6. The van der Waals surface area contributed by atoms with Crippen LogP contribution < -0.4 is 4.74 Å². The molecule has 0 fully saturated rings. The van der Waals surface area contributed by atoms with E-state index in [1.807, 2.05) is 12.1 Å². The number of amides is 1. The fourth-order valence-corrected chi connectivity index (χ4v) is 2.82. The molecule has 2 aromatic rings. The highest BCUT2D eigenvalue weighted by Crippen LogP contribution is 2.14. The summed E-state index contributed by atoms with van der Waals surface area (Å²) in [5.74, 6) is 0.633. The maximum absolute atomic E-state index is 11.4. The molecule has 0 atom stereocenters. The van der Waals surface area contributed by atoms with E-state index in [4.69, 9.17) is 4.74 Å². The molecule has 30 heavy (non-hydrogen) atoms. The minimum atomic E-state index is -1.02. The lowest BCUT2D eigenvalue weighted by Crippen LogP contribution is -2.34. The van der Waals surface area contributed by atoms with Gasteiger partial charge < -0.3 is 14.7 Å². The number of rotatable bonds is 12. The first kappa shape index (κ1) is 22.6. The van der Waals surface area contributed by atoms with Crippen molar-refractivity contribution in [2.75, 3.05) is 26.2 Å². The minimum absolute atomic E-state index is 0.0329. The summed E-state index contributed by atoms with van der Waals surface area (Å²) in [5, 5.41) is 20.0. The van der Waals surface area contributed by atoms with Crippen LogP contribution in [0.4, 0.5) is 10.5 Å². The van der Waals surface area contributed by atoms with Gasteiger partial charge in [-0.1, -0.05) is 24.3 Å². The first-order valence-electron chi connectivity index (χ1n) is 9.46. The second kappa shape index (κ2) is 12.0. The number of benzene rings is 2. The molecule has 0 bridgehead atoms. The summed E-state index contributed by atoms with van der Waals surface area (Å²) >= 11 is 0. The van der Waals surface area contributed by atoms with E-state index in [0.29, 0.717) is 38.1 Å². The number of aryl methyl sites for hydroxylation is 1. The largest absolute Gasteiger partial charge is 0.492 e. The first-order valence-corrected chi connectivity index (χ1v) is 9.46. The predicted molar refractivity (Wildman–Crippen MR) is 110 cm³/mol. The molecule has 0 heterocycles. The van der Waals surface area contributed by atoms with Crippen LogP contribution in [0.15, 0.2) is 53.5 Å². The summed E-state index contributed by atoms with van der Waals surface area (Å²) in [5.41, 5.74) is 1.96. The van der Waals surface area contributed by atoms with Crippen LogP contribution in [-0.4, -0.2) is 53.3 Å². The number of nitro groups is 1. The van der Waals surface area contributed by atoms with Gasteiger partial charge in [-0.15, -0.1) is 0 Å². The Morgan fingerprint density at radius 1 is 1.07 bits per heavy atom. The number of aliphatic imine (C=N–C) groups is 1. The fraction of sp³-hybridized carbons (Fsp3) is 0.333. The maximum Gasteiger partial charge on any atom is 0.407 e. The summed E-state index contributed by atoms with van der Waals surface area (Å²) in [6.07, 6.45) is 2.34. The summed E-state index contributed by atoms with van der Waals surface area (Å²) < 4.78 is 5.61. The zero-order valence-corrected chi connectivity index (χ0v) is 16.4. The first-order chi connectivity index (χ1) is 14.5. The van der Waals surface area contributed by atoms with Gasteiger partial charge in [-0.2, -0.15) is 0 Å². The Morgan fingerprint density at radius 3 is 2.30 bits per heavy atom. The van der Waals surface area contributed by atoms with Gasteiger partial charge in [-0.3, -0.25) is 10.1 Å². The second-order valence-electron chi connectivity index (χ2n) is 6.51. The van der Waals surface area contributed by atoms with Gasteiger partial charge in [0.2, 0.25) is 6.08 Å². The number of carbonyl (C=O) groups excluding carboxylic acids is 1. The van der Waals surface area contributed by atoms with Gasteiger partial charge in [0.25, 0.3) is 5.69 Å². The van der Waals surface area contributed by atoms with Crippen LogP contribution in [-0.2, 0) is 17.6 Å². The number of nitrogens with zero attached hydrogens (tertiary/aromatic N) is 3. The van der Waals surface area contributed by atoms with Gasteiger partial charge in [-0.25, -0.2) is 14.6 Å². The molecule has 9 nitrogen and oxygen atoms in total. The predicted octanol–water partition coefficient (Wildman–Crippen LogP) is 3.46. The molecule has 158 valence electrons. The maximum atomic E-state index is 11.4. The van der Waals surface area contributed by atoms with Gasteiger partial charge in [0.1, 0.15) is 12.4 Å². The van der Waals surface area contributed by atoms with Crippen molar-refractivity contribution in [3.63, 3.8) is 0 Å². The van der Waals surface area contributed by atoms with Crippen molar-refractivity contribution in [2.45, 2.75) is 19.3 Å². The lowest BCUT2D eigenvalue weighted by Gasteiger charge is -2.19. The van der Waals surface area contributed by atoms with Crippen molar-refractivity contribution in [2.24, 2.45) is 4.99 Å². The highest BCUT2D eigenvalue weighted by Gasteiger charge is 2.12. The van der Waals surface area contributed by atoms with Gasteiger partial charge in [0.15, 0.2) is 0 Å². The third-order valence-electron chi connectivity index (χ3n) is 4.44. The van der Waals surface area contributed by atoms with Crippen LogP contribution in [0.25, 0.3) is 0 Å². The Kier molecular flexibility index (Phi) is 9.02. The molecule has 0 saturated carbocycles. The molecule has 0 aliphatic carbocycles.